The summed E-state index contributed by atoms with van der Waals surface area (Å²) in [5.41, 5.74) is 4.05. The van der Waals surface area contributed by atoms with Crippen LogP contribution in [0.25, 0.3) is 0 Å². The predicted molar refractivity (Wildman–Crippen MR) is 77.6 cm³/mol. The van der Waals surface area contributed by atoms with Gasteiger partial charge < -0.3 is 10.1 Å². The van der Waals surface area contributed by atoms with E-state index >= 15 is 0 Å². The van der Waals surface area contributed by atoms with Gasteiger partial charge in [-0.05, 0) is 47.9 Å². The molecule has 0 spiro atoms. The Morgan fingerprint density at radius 2 is 2.05 bits per heavy atom. The van der Waals surface area contributed by atoms with Crippen molar-refractivity contribution in [2.24, 2.45) is 0 Å². The number of rotatable bonds is 3. The van der Waals surface area contributed by atoms with Crippen molar-refractivity contribution in [3.8, 4) is 5.75 Å². The van der Waals surface area contributed by atoms with Gasteiger partial charge in [0.05, 0.1) is 0 Å². The van der Waals surface area contributed by atoms with Crippen LogP contribution in [-0.4, -0.2) is 6.54 Å². The summed E-state index contributed by atoms with van der Waals surface area (Å²) in [5.74, 6) is 0.812. The maximum absolute atomic E-state index is 5.93. The first-order valence-electron chi connectivity index (χ1n) is 6.51. The number of halogens is 1. The number of hydrogen-bond acceptors (Lipinski definition) is 2. The molecule has 1 aliphatic heterocycles. The molecule has 0 radical (unpaired) electrons. The standard InChI is InChI=1S/C16H16ClNO/c17-15-2-1-3-16(9-15)19-11-12-4-5-14-10-18-7-6-13(14)8-12/h1-5,8-9,18H,6-7,10-11H2. The molecule has 98 valence electrons. The van der Waals surface area contributed by atoms with Crippen LogP contribution >= 0.6 is 11.6 Å². The summed E-state index contributed by atoms with van der Waals surface area (Å²) in [6, 6.07) is 14.1. The second-order valence-electron chi connectivity index (χ2n) is 4.78. The molecule has 2 nitrogen and oxygen atoms in total. The summed E-state index contributed by atoms with van der Waals surface area (Å²) in [4.78, 5) is 0. The van der Waals surface area contributed by atoms with E-state index in [9.17, 15) is 0 Å². The molecule has 3 rings (SSSR count). The minimum Gasteiger partial charge on any atom is -0.489 e. The van der Waals surface area contributed by atoms with Gasteiger partial charge in [-0.25, -0.2) is 0 Å². The van der Waals surface area contributed by atoms with E-state index in [1.807, 2.05) is 24.3 Å². The van der Waals surface area contributed by atoms with E-state index in [1.165, 1.54) is 16.7 Å². The third-order valence-corrected chi connectivity index (χ3v) is 3.59. The van der Waals surface area contributed by atoms with Gasteiger partial charge in [-0.2, -0.15) is 0 Å². The van der Waals surface area contributed by atoms with Crippen LogP contribution in [0.1, 0.15) is 16.7 Å². The molecule has 2 aromatic carbocycles. The van der Waals surface area contributed by atoms with E-state index < -0.39 is 0 Å². The number of ether oxygens (including phenoxy) is 1. The minimum atomic E-state index is 0.584. The van der Waals surface area contributed by atoms with Crippen molar-refractivity contribution in [1.29, 1.82) is 0 Å². The number of benzene rings is 2. The maximum atomic E-state index is 5.93. The normalized spacial score (nSPS) is 13.9. The molecule has 0 aliphatic carbocycles. The zero-order valence-corrected chi connectivity index (χ0v) is 11.4. The Bertz CT molecular complexity index is 583. The van der Waals surface area contributed by atoms with Crippen molar-refractivity contribution >= 4 is 11.6 Å². The first-order valence-corrected chi connectivity index (χ1v) is 6.89. The fourth-order valence-electron chi connectivity index (χ4n) is 2.34. The second kappa shape index (κ2) is 5.64. The van der Waals surface area contributed by atoms with Crippen LogP contribution in [0.3, 0.4) is 0 Å². The smallest absolute Gasteiger partial charge is 0.121 e. The van der Waals surface area contributed by atoms with Gasteiger partial charge in [-0.15, -0.1) is 0 Å². The highest BCUT2D eigenvalue weighted by Gasteiger charge is 2.08. The first kappa shape index (κ1) is 12.5. The topological polar surface area (TPSA) is 21.3 Å². The zero-order valence-electron chi connectivity index (χ0n) is 10.7. The van der Waals surface area contributed by atoms with Crippen LogP contribution in [0.4, 0.5) is 0 Å². The molecule has 0 amide bonds. The SMILES string of the molecule is Clc1cccc(OCc2ccc3c(c2)CCNC3)c1. The zero-order chi connectivity index (χ0) is 13.1. The maximum Gasteiger partial charge on any atom is 0.121 e. The van der Waals surface area contributed by atoms with Crippen LogP contribution in [-0.2, 0) is 19.6 Å². The van der Waals surface area contributed by atoms with E-state index in [0.717, 1.165) is 25.3 Å². The van der Waals surface area contributed by atoms with E-state index in [4.69, 9.17) is 16.3 Å². The molecule has 0 unspecified atom stereocenters. The molecule has 0 atom stereocenters. The Morgan fingerprint density at radius 3 is 2.95 bits per heavy atom. The number of nitrogens with one attached hydrogen (secondary N) is 1. The lowest BCUT2D eigenvalue weighted by atomic mass is 9.99. The summed E-state index contributed by atoms with van der Waals surface area (Å²) < 4.78 is 5.76. The van der Waals surface area contributed by atoms with Gasteiger partial charge in [0.2, 0.25) is 0 Å². The number of fused-ring (bicyclic) bond motifs is 1. The molecular formula is C16H16ClNO. The first-order chi connectivity index (χ1) is 9.31. The Hall–Kier alpha value is -1.51. The van der Waals surface area contributed by atoms with Crippen LogP contribution in [0, 0.1) is 0 Å². The van der Waals surface area contributed by atoms with Crippen molar-refractivity contribution in [1.82, 2.24) is 5.32 Å². The van der Waals surface area contributed by atoms with Gasteiger partial charge >= 0.3 is 0 Å². The second-order valence-corrected chi connectivity index (χ2v) is 5.21. The van der Waals surface area contributed by atoms with Crippen LogP contribution in [0.2, 0.25) is 5.02 Å². The monoisotopic (exact) mass is 273 g/mol. The molecule has 2 aromatic rings. The van der Waals surface area contributed by atoms with Gasteiger partial charge in [-0.3, -0.25) is 0 Å². The lowest BCUT2D eigenvalue weighted by molar-refractivity contribution is 0.306. The molecular weight excluding hydrogens is 258 g/mol. The van der Waals surface area contributed by atoms with Gasteiger partial charge in [0.15, 0.2) is 0 Å². The van der Waals surface area contributed by atoms with E-state index in [0.29, 0.717) is 11.6 Å². The summed E-state index contributed by atoms with van der Waals surface area (Å²) in [6.07, 6.45) is 1.10. The predicted octanol–water partition coefficient (Wildman–Crippen LogP) is 3.56. The summed E-state index contributed by atoms with van der Waals surface area (Å²) in [7, 11) is 0. The fourth-order valence-corrected chi connectivity index (χ4v) is 2.52. The van der Waals surface area contributed by atoms with Crippen LogP contribution in [0.5, 0.6) is 5.75 Å². The summed E-state index contributed by atoms with van der Waals surface area (Å²) in [6.45, 7) is 2.62. The van der Waals surface area contributed by atoms with Crippen LogP contribution in [0.15, 0.2) is 42.5 Å². The average Bonchev–Trinajstić information content (AvgIpc) is 2.45. The lowest BCUT2D eigenvalue weighted by Gasteiger charge is -2.18. The Morgan fingerprint density at radius 1 is 1.11 bits per heavy atom. The molecule has 0 fully saturated rings. The van der Waals surface area contributed by atoms with Gasteiger partial charge in [0.25, 0.3) is 0 Å². The Kier molecular flexibility index (Phi) is 3.72. The molecule has 1 N–H and O–H groups in total. The third-order valence-electron chi connectivity index (χ3n) is 3.36. The molecule has 0 bridgehead atoms. The van der Waals surface area contributed by atoms with Crippen molar-refractivity contribution < 1.29 is 4.74 Å². The number of hydrogen-bond donors (Lipinski definition) is 1. The highest BCUT2D eigenvalue weighted by molar-refractivity contribution is 6.30. The average molecular weight is 274 g/mol. The van der Waals surface area contributed by atoms with Crippen molar-refractivity contribution in [2.75, 3.05) is 6.54 Å². The van der Waals surface area contributed by atoms with Crippen molar-refractivity contribution in [2.45, 2.75) is 19.6 Å². The van der Waals surface area contributed by atoms with Gasteiger partial charge in [-0.1, -0.05) is 35.9 Å². The summed E-state index contributed by atoms with van der Waals surface area (Å²) >= 11 is 5.93. The van der Waals surface area contributed by atoms with Gasteiger partial charge in [0.1, 0.15) is 12.4 Å². The summed E-state index contributed by atoms with van der Waals surface area (Å²) in [5, 5.41) is 4.08. The lowest BCUT2D eigenvalue weighted by Crippen LogP contribution is -2.23. The van der Waals surface area contributed by atoms with Crippen molar-refractivity contribution in [3.05, 3.63) is 64.2 Å². The van der Waals surface area contributed by atoms with E-state index in [1.54, 1.807) is 0 Å². The van der Waals surface area contributed by atoms with Gasteiger partial charge in [0, 0.05) is 11.6 Å². The highest BCUT2D eigenvalue weighted by atomic mass is 35.5. The highest BCUT2D eigenvalue weighted by Crippen LogP contribution is 2.20. The third kappa shape index (κ3) is 3.09. The molecule has 19 heavy (non-hydrogen) atoms. The molecule has 0 saturated carbocycles. The Balaban J connectivity index is 1.70. The van der Waals surface area contributed by atoms with Crippen LogP contribution < -0.4 is 10.1 Å². The molecule has 1 heterocycles. The molecule has 3 heteroatoms. The Labute approximate surface area is 118 Å². The largest absolute Gasteiger partial charge is 0.489 e. The fraction of sp³-hybridized carbons (Fsp3) is 0.250. The van der Waals surface area contributed by atoms with E-state index in [-0.39, 0.29) is 0 Å². The minimum absolute atomic E-state index is 0.584. The molecule has 0 aromatic heterocycles. The van der Waals surface area contributed by atoms with Crippen molar-refractivity contribution in [3.63, 3.8) is 0 Å². The quantitative estimate of drug-likeness (QED) is 0.923. The molecule has 1 aliphatic rings. The molecule has 0 saturated heterocycles. The van der Waals surface area contributed by atoms with E-state index in [2.05, 4.69) is 23.5 Å².